The highest BCUT2D eigenvalue weighted by molar-refractivity contribution is 4.95. The predicted octanol–water partition coefficient (Wildman–Crippen LogP) is 1.16. The van der Waals surface area contributed by atoms with Gasteiger partial charge in [0.05, 0.1) is 12.7 Å². The van der Waals surface area contributed by atoms with Crippen LogP contribution < -0.4 is 4.57 Å². The molecule has 0 N–H and O–H groups in total. The average molecular weight is 150 g/mol. The van der Waals surface area contributed by atoms with Crippen LogP contribution in [-0.2, 0) is 13.0 Å². The van der Waals surface area contributed by atoms with Gasteiger partial charge >= 0.3 is 0 Å². The van der Waals surface area contributed by atoms with E-state index in [0.717, 1.165) is 25.1 Å². The molecule has 0 unspecified atom stereocenters. The quantitative estimate of drug-likeness (QED) is 0.591. The van der Waals surface area contributed by atoms with E-state index in [1.807, 2.05) is 10.9 Å². The van der Waals surface area contributed by atoms with Gasteiger partial charge in [-0.05, 0) is 13.3 Å². The van der Waals surface area contributed by atoms with Crippen LogP contribution in [0.4, 0.5) is 0 Å². The first-order valence-electron chi connectivity index (χ1n) is 4.00. The molecule has 1 rings (SSSR count). The molecule has 59 valence electrons. The van der Waals surface area contributed by atoms with Gasteiger partial charge in [-0.2, -0.15) is 0 Å². The second kappa shape index (κ2) is 4.06. The summed E-state index contributed by atoms with van der Waals surface area (Å²) in [5.41, 5.74) is 1.13. The van der Waals surface area contributed by atoms with Gasteiger partial charge in [0, 0.05) is 12.5 Å². The van der Waals surface area contributed by atoms with Gasteiger partial charge in [0.2, 0.25) is 0 Å². The summed E-state index contributed by atoms with van der Waals surface area (Å²) in [5, 5.41) is 0. The lowest BCUT2D eigenvalue weighted by molar-refractivity contribution is -0.696. The SMILES string of the molecule is [CH2]CCc1cc[n+](CC)cn1. The monoisotopic (exact) mass is 150 g/mol. The van der Waals surface area contributed by atoms with E-state index in [1.54, 1.807) is 0 Å². The molecule has 0 atom stereocenters. The molecule has 2 nitrogen and oxygen atoms in total. The summed E-state index contributed by atoms with van der Waals surface area (Å²) in [4.78, 5) is 4.26. The first-order valence-corrected chi connectivity index (χ1v) is 4.00. The molecule has 1 heterocycles. The Balaban J connectivity index is 2.66. The highest BCUT2D eigenvalue weighted by atomic mass is 15.0. The highest BCUT2D eigenvalue weighted by Crippen LogP contribution is 1.93. The van der Waals surface area contributed by atoms with Gasteiger partial charge in [-0.3, -0.25) is 0 Å². The lowest BCUT2D eigenvalue weighted by Gasteiger charge is -1.92. The van der Waals surface area contributed by atoms with E-state index in [4.69, 9.17) is 0 Å². The summed E-state index contributed by atoms with van der Waals surface area (Å²) in [6.45, 7) is 6.86. The standard InChI is InChI=1S/C9H14N2/c1-3-5-9-6-7-11(4-2)8-10-9/h6-8H,1,3-5H2,2H3/q+1. The van der Waals surface area contributed by atoms with Gasteiger partial charge in [-0.25, -0.2) is 4.57 Å². The number of aromatic nitrogens is 2. The zero-order valence-corrected chi connectivity index (χ0v) is 6.95. The number of aryl methyl sites for hydroxylation is 2. The summed E-state index contributed by atoms with van der Waals surface area (Å²) in [6, 6.07) is 2.05. The summed E-state index contributed by atoms with van der Waals surface area (Å²) in [5.74, 6) is 0. The van der Waals surface area contributed by atoms with Crippen LogP contribution >= 0.6 is 0 Å². The van der Waals surface area contributed by atoms with E-state index in [9.17, 15) is 0 Å². The molecule has 1 aromatic heterocycles. The van der Waals surface area contributed by atoms with E-state index < -0.39 is 0 Å². The average Bonchev–Trinajstić information content (AvgIpc) is 2.07. The van der Waals surface area contributed by atoms with Crippen LogP contribution in [0.5, 0.6) is 0 Å². The maximum Gasteiger partial charge on any atom is 0.286 e. The van der Waals surface area contributed by atoms with Crippen LogP contribution in [0.2, 0.25) is 0 Å². The molecule has 0 aliphatic carbocycles. The van der Waals surface area contributed by atoms with Crippen LogP contribution in [-0.4, -0.2) is 4.98 Å². The Bertz CT molecular complexity index is 203. The maximum atomic E-state index is 4.26. The van der Waals surface area contributed by atoms with Gasteiger partial charge in [-0.1, -0.05) is 11.9 Å². The van der Waals surface area contributed by atoms with E-state index in [0.29, 0.717) is 0 Å². The molecule has 0 aromatic carbocycles. The van der Waals surface area contributed by atoms with Crippen LogP contribution in [0, 0.1) is 6.92 Å². The van der Waals surface area contributed by atoms with E-state index in [-0.39, 0.29) is 0 Å². The normalized spacial score (nSPS) is 10.0. The van der Waals surface area contributed by atoms with Crippen molar-refractivity contribution in [2.24, 2.45) is 0 Å². The fourth-order valence-electron chi connectivity index (χ4n) is 0.928. The zero-order chi connectivity index (χ0) is 8.10. The molecule has 2 heteroatoms. The van der Waals surface area contributed by atoms with Crippen LogP contribution in [0.15, 0.2) is 18.6 Å². The third-order valence-electron chi connectivity index (χ3n) is 1.63. The van der Waals surface area contributed by atoms with Gasteiger partial charge in [0.1, 0.15) is 0 Å². The summed E-state index contributed by atoms with van der Waals surface area (Å²) >= 11 is 0. The Morgan fingerprint density at radius 3 is 2.91 bits per heavy atom. The lowest BCUT2D eigenvalue weighted by atomic mass is 10.2. The largest absolute Gasteiger partial charge is 0.286 e. The van der Waals surface area contributed by atoms with E-state index in [2.05, 4.69) is 31.1 Å². The van der Waals surface area contributed by atoms with Crippen LogP contribution in [0.1, 0.15) is 19.0 Å². The molecule has 0 bridgehead atoms. The molecule has 0 amide bonds. The van der Waals surface area contributed by atoms with Crippen molar-refractivity contribution < 1.29 is 4.57 Å². The summed E-state index contributed by atoms with van der Waals surface area (Å²) in [7, 11) is 0. The molecule has 0 saturated heterocycles. The summed E-state index contributed by atoms with van der Waals surface area (Å²) < 4.78 is 2.05. The Labute approximate surface area is 67.9 Å². The van der Waals surface area contributed by atoms with Gasteiger partial charge in [-0.15, -0.1) is 0 Å². The van der Waals surface area contributed by atoms with Crippen molar-refractivity contribution in [3.63, 3.8) is 0 Å². The zero-order valence-electron chi connectivity index (χ0n) is 6.95. The minimum absolute atomic E-state index is 0.920. The van der Waals surface area contributed by atoms with Crippen molar-refractivity contribution in [3.8, 4) is 0 Å². The van der Waals surface area contributed by atoms with Crippen molar-refractivity contribution in [1.29, 1.82) is 0 Å². The Morgan fingerprint density at radius 2 is 2.45 bits per heavy atom. The minimum Gasteiger partial charge on any atom is -0.237 e. The fourth-order valence-corrected chi connectivity index (χ4v) is 0.928. The van der Waals surface area contributed by atoms with Crippen molar-refractivity contribution in [3.05, 3.63) is 31.2 Å². The number of hydrogen-bond donors (Lipinski definition) is 0. The van der Waals surface area contributed by atoms with Gasteiger partial charge in [0.15, 0.2) is 5.69 Å². The maximum absolute atomic E-state index is 4.26. The molecule has 0 saturated carbocycles. The van der Waals surface area contributed by atoms with Crippen LogP contribution in [0.25, 0.3) is 0 Å². The van der Waals surface area contributed by atoms with E-state index >= 15 is 0 Å². The van der Waals surface area contributed by atoms with Crippen molar-refractivity contribution in [2.75, 3.05) is 0 Å². The van der Waals surface area contributed by atoms with Crippen molar-refractivity contribution in [2.45, 2.75) is 26.3 Å². The minimum atomic E-state index is 0.920. The van der Waals surface area contributed by atoms with E-state index in [1.165, 1.54) is 0 Å². The first-order chi connectivity index (χ1) is 5.36. The van der Waals surface area contributed by atoms with Crippen LogP contribution in [0.3, 0.4) is 0 Å². The fraction of sp³-hybridized carbons (Fsp3) is 0.444. The molecule has 1 aromatic rings. The smallest absolute Gasteiger partial charge is 0.237 e. The second-order valence-corrected chi connectivity index (χ2v) is 2.49. The highest BCUT2D eigenvalue weighted by Gasteiger charge is 1.99. The number of hydrogen-bond acceptors (Lipinski definition) is 1. The number of rotatable bonds is 3. The Morgan fingerprint density at radius 1 is 1.64 bits per heavy atom. The molecular weight excluding hydrogens is 136 g/mol. The van der Waals surface area contributed by atoms with Gasteiger partial charge < -0.3 is 0 Å². The lowest BCUT2D eigenvalue weighted by Crippen LogP contribution is -2.31. The molecule has 0 fully saturated rings. The first kappa shape index (κ1) is 8.18. The van der Waals surface area contributed by atoms with Crippen molar-refractivity contribution >= 4 is 0 Å². The second-order valence-electron chi connectivity index (χ2n) is 2.49. The molecule has 0 spiro atoms. The predicted molar refractivity (Wildman–Crippen MR) is 43.8 cm³/mol. The summed E-state index contributed by atoms with van der Waals surface area (Å²) in [6.07, 6.45) is 5.82. The third kappa shape index (κ3) is 2.30. The molecule has 0 aliphatic heterocycles. The molecule has 1 radical (unpaired) electrons. The molecular formula is C9H14N2+. The molecule has 0 aliphatic rings. The molecule has 11 heavy (non-hydrogen) atoms. The number of nitrogens with zero attached hydrogens (tertiary/aromatic N) is 2. The van der Waals surface area contributed by atoms with Gasteiger partial charge in [0.25, 0.3) is 6.33 Å². The topological polar surface area (TPSA) is 16.8 Å². The Kier molecular flexibility index (Phi) is 3.02. The third-order valence-corrected chi connectivity index (χ3v) is 1.63. The van der Waals surface area contributed by atoms with Crippen molar-refractivity contribution in [1.82, 2.24) is 4.98 Å². The Hall–Kier alpha value is -0.920.